The highest BCUT2D eigenvalue weighted by Gasteiger charge is 2.28. The lowest BCUT2D eigenvalue weighted by molar-refractivity contribution is 0.0935. The molecule has 1 unspecified atom stereocenters. The number of terminal acetylenes is 1. The van der Waals surface area contributed by atoms with Crippen molar-refractivity contribution in [2.45, 2.75) is 38.3 Å². The molecule has 1 aromatic rings. The Balaban J connectivity index is 2.16. The summed E-state index contributed by atoms with van der Waals surface area (Å²) in [5, 5.41) is 2.85. The first-order valence-electron chi connectivity index (χ1n) is 5.80. The van der Waals surface area contributed by atoms with Gasteiger partial charge in [0.15, 0.2) is 0 Å². The highest BCUT2D eigenvalue weighted by molar-refractivity contribution is 9.10. The van der Waals surface area contributed by atoms with Gasteiger partial charge in [0, 0.05) is 16.7 Å². The number of hydrogen-bond acceptors (Lipinski definition) is 1. The Bertz CT molecular complexity index is 468. The lowest BCUT2D eigenvalue weighted by Gasteiger charge is -2.12. The molecule has 0 aromatic carbocycles. The van der Waals surface area contributed by atoms with E-state index in [0.717, 1.165) is 23.7 Å². The van der Waals surface area contributed by atoms with Gasteiger partial charge in [-0.2, -0.15) is 0 Å². The van der Waals surface area contributed by atoms with Crippen molar-refractivity contribution in [1.82, 2.24) is 9.88 Å². The van der Waals surface area contributed by atoms with Crippen molar-refractivity contribution in [1.29, 1.82) is 0 Å². The second-order valence-electron chi connectivity index (χ2n) is 4.28. The summed E-state index contributed by atoms with van der Waals surface area (Å²) >= 11 is 3.41. The molecule has 0 spiro atoms. The number of rotatable bonds is 4. The first-order valence-corrected chi connectivity index (χ1v) is 6.59. The molecule has 1 atom stereocenters. The van der Waals surface area contributed by atoms with Crippen LogP contribution in [0, 0.1) is 12.3 Å². The fourth-order valence-electron chi connectivity index (χ4n) is 1.78. The van der Waals surface area contributed by atoms with Crippen LogP contribution in [0.4, 0.5) is 0 Å². The van der Waals surface area contributed by atoms with Crippen molar-refractivity contribution in [3.63, 3.8) is 0 Å². The van der Waals surface area contributed by atoms with Crippen LogP contribution in [-0.2, 0) is 0 Å². The molecule has 0 radical (unpaired) electrons. The molecule has 0 aliphatic heterocycles. The van der Waals surface area contributed by atoms with E-state index < -0.39 is 0 Å². The molecule has 1 N–H and O–H groups in total. The maximum absolute atomic E-state index is 12.1. The van der Waals surface area contributed by atoms with E-state index in [2.05, 4.69) is 27.2 Å². The molecule has 1 aromatic heterocycles. The van der Waals surface area contributed by atoms with Crippen LogP contribution in [0.5, 0.6) is 0 Å². The van der Waals surface area contributed by atoms with E-state index in [9.17, 15) is 4.79 Å². The molecule has 4 heteroatoms. The average Bonchev–Trinajstić information content (AvgIpc) is 3.09. The van der Waals surface area contributed by atoms with Crippen LogP contribution >= 0.6 is 15.9 Å². The number of nitrogens with zero attached hydrogens (tertiary/aromatic N) is 1. The molecule has 1 fully saturated rings. The lowest BCUT2D eigenvalue weighted by atomic mass is 10.2. The SMILES string of the molecule is C#CC(CC)NC(=O)c1cc(Br)cn1C1CC1. The Morgan fingerprint density at radius 3 is 3.00 bits per heavy atom. The Hall–Kier alpha value is -1.21. The third kappa shape index (κ3) is 2.73. The minimum Gasteiger partial charge on any atom is -0.339 e. The lowest BCUT2D eigenvalue weighted by Crippen LogP contribution is -2.34. The zero-order valence-corrected chi connectivity index (χ0v) is 11.3. The van der Waals surface area contributed by atoms with E-state index in [1.807, 2.05) is 23.8 Å². The van der Waals surface area contributed by atoms with E-state index in [1.165, 1.54) is 0 Å². The fraction of sp³-hybridized carbons (Fsp3) is 0.462. The Labute approximate surface area is 110 Å². The van der Waals surface area contributed by atoms with Crippen LogP contribution in [0.2, 0.25) is 0 Å². The van der Waals surface area contributed by atoms with Crippen LogP contribution in [-0.4, -0.2) is 16.5 Å². The molecule has 3 nitrogen and oxygen atoms in total. The van der Waals surface area contributed by atoms with Gasteiger partial charge in [-0.05, 0) is 41.3 Å². The first-order chi connectivity index (χ1) is 8.15. The zero-order valence-electron chi connectivity index (χ0n) is 9.74. The number of amides is 1. The molecule has 2 rings (SSSR count). The summed E-state index contributed by atoms with van der Waals surface area (Å²) in [4.78, 5) is 12.1. The Morgan fingerprint density at radius 2 is 2.47 bits per heavy atom. The van der Waals surface area contributed by atoms with Crippen molar-refractivity contribution < 1.29 is 4.79 Å². The number of nitrogens with one attached hydrogen (secondary N) is 1. The normalized spacial score (nSPS) is 16.3. The summed E-state index contributed by atoms with van der Waals surface area (Å²) in [6.07, 6.45) is 10.3. The van der Waals surface area contributed by atoms with Crippen LogP contribution in [0.15, 0.2) is 16.7 Å². The molecular weight excluding hydrogens is 280 g/mol. The van der Waals surface area contributed by atoms with E-state index in [4.69, 9.17) is 6.42 Å². The number of carbonyl (C=O) groups is 1. The summed E-state index contributed by atoms with van der Waals surface area (Å²) in [5.41, 5.74) is 0.688. The van der Waals surface area contributed by atoms with Gasteiger partial charge in [0.1, 0.15) is 5.69 Å². The van der Waals surface area contributed by atoms with Crippen molar-refractivity contribution in [3.05, 3.63) is 22.4 Å². The zero-order chi connectivity index (χ0) is 12.4. The van der Waals surface area contributed by atoms with Crippen LogP contribution in [0.3, 0.4) is 0 Å². The third-order valence-electron chi connectivity index (χ3n) is 2.90. The van der Waals surface area contributed by atoms with Crippen molar-refractivity contribution in [3.8, 4) is 12.3 Å². The molecular formula is C13H15BrN2O. The summed E-state index contributed by atoms with van der Waals surface area (Å²) in [7, 11) is 0. The minimum absolute atomic E-state index is 0.0904. The highest BCUT2D eigenvalue weighted by Crippen LogP contribution is 2.37. The second-order valence-corrected chi connectivity index (χ2v) is 5.20. The molecule has 0 bridgehead atoms. The molecule has 17 heavy (non-hydrogen) atoms. The van der Waals surface area contributed by atoms with Crippen LogP contribution < -0.4 is 5.32 Å². The van der Waals surface area contributed by atoms with Gasteiger partial charge in [0.25, 0.3) is 5.91 Å². The molecule has 1 aliphatic carbocycles. The summed E-state index contributed by atoms with van der Waals surface area (Å²) in [5.74, 6) is 2.48. The van der Waals surface area contributed by atoms with Gasteiger partial charge in [-0.3, -0.25) is 4.79 Å². The van der Waals surface area contributed by atoms with Crippen molar-refractivity contribution in [2.75, 3.05) is 0 Å². The third-order valence-corrected chi connectivity index (χ3v) is 3.34. The smallest absolute Gasteiger partial charge is 0.268 e. The topological polar surface area (TPSA) is 34.0 Å². The number of carbonyl (C=O) groups excluding carboxylic acids is 1. The molecule has 1 heterocycles. The minimum atomic E-state index is -0.191. The van der Waals surface area contributed by atoms with E-state index in [1.54, 1.807) is 0 Å². The van der Waals surface area contributed by atoms with Gasteiger partial charge in [-0.1, -0.05) is 12.8 Å². The number of hydrogen-bond donors (Lipinski definition) is 1. The highest BCUT2D eigenvalue weighted by atomic mass is 79.9. The Kier molecular flexibility index (Phi) is 3.58. The van der Waals surface area contributed by atoms with E-state index in [-0.39, 0.29) is 11.9 Å². The van der Waals surface area contributed by atoms with Gasteiger partial charge in [-0.25, -0.2) is 0 Å². The average molecular weight is 295 g/mol. The van der Waals surface area contributed by atoms with E-state index >= 15 is 0 Å². The predicted octanol–water partition coefficient (Wildman–Crippen LogP) is 2.73. The van der Waals surface area contributed by atoms with Crippen LogP contribution in [0.1, 0.15) is 42.7 Å². The number of halogens is 1. The molecule has 1 amide bonds. The molecule has 0 saturated heterocycles. The summed E-state index contributed by atoms with van der Waals surface area (Å²) in [6.45, 7) is 1.96. The standard InChI is InChI=1S/C13H15BrN2O/c1-3-10(4-2)15-13(17)12-7-9(14)8-16(12)11-5-6-11/h1,7-8,10-11H,4-6H2,2H3,(H,15,17). The monoisotopic (exact) mass is 294 g/mol. The quantitative estimate of drug-likeness (QED) is 0.851. The van der Waals surface area contributed by atoms with Crippen molar-refractivity contribution >= 4 is 21.8 Å². The van der Waals surface area contributed by atoms with Gasteiger partial charge >= 0.3 is 0 Å². The maximum atomic E-state index is 12.1. The van der Waals surface area contributed by atoms with Gasteiger partial charge in [0.05, 0.1) is 6.04 Å². The van der Waals surface area contributed by atoms with Gasteiger partial charge in [-0.15, -0.1) is 6.42 Å². The fourth-order valence-corrected chi connectivity index (χ4v) is 2.21. The van der Waals surface area contributed by atoms with Crippen molar-refractivity contribution in [2.24, 2.45) is 0 Å². The molecule has 1 saturated carbocycles. The summed E-state index contributed by atoms with van der Waals surface area (Å²) in [6, 6.07) is 2.13. The largest absolute Gasteiger partial charge is 0.339 e. The first kappa shape index (κ1) is 12.3. The second kappa shape index (κ2) is 4.97. The van der Waals surface area contributed by atoms with Gasteiger partial charge in [0.2, 0.25) is 0 Å². The van der Waals surface area contributed by atoms with E-state index in [0.29, 0.717) is 11.7 Å². The van der Waals surface area contributed by atoms with Crippen LogP contribution in [0.25, 0.3) is 0 Å². The summed E-state index contributed by atoms with van der Waals surface area (Å²) < 4.78 is 2.96. The van der Waals surface area contributed by atoms with Gasteiger partial charge < -0.3 is 9.88 Å². The molecule has 90 valence electrons. The molecule has 1 aliphatic rings. The maximum Gasteiger partial charge on any atom is 0.268 e. The Morgan fingerprint density at radius 1 is 1.76 bits per heavy atom. The number of aromatic nitrogens is 1. The predicted molar refractivity (Wildman–Crippen MR) is 70.8 cm³/mol.